The van der Waals surface area contributed by atoms with Crippen LogP contribution in [-0.2, 0) is 31.9 Å². The Hall–Kier alpha value is -4.86. The molecule has 4 aliphatic carbocycles. The molecule has 5 nitrogen and oxygen atoms in total. The first-order valence-corrected chi connectivity index (χ1v) is 20.6. The first-order valence-electron chi connectivity index (χ1n) is 22.1. The van der Waals surface area contributed by atoms with Crippen LogP contribution in [-0.4, -0.2) is 16.6 Å². The standard InChI is InChI=1S/C52H49N4O.Pt/c1-33-14-16-36(17-15-33)52(39-23-34-22-35(25-39)26-40(52)24-34)37-20-21-53-50(29-37)56-46-11-7-6-10-44(46)45-19-18-42(31-49(45)56)57-43-28-38(51(2,3)4)27-41(30-43)55-32-54(5)47-12-8-9-13-48(47)55;/h6-21,27-29,32,34-35,39-40H,22-26H2,1-5H3;/q-3;/i1D3;. The number of aromatic nitrogens is 2. The number of para-hydroxylation sites is 3. The van der Waals surface area contributed by atoms with E-state index in [1.807, 2.05) is 24.4 Å². The minimum atomic E-state index is -2.14. The van der Waals surface area contributed by atoms with Crippen LogP contribution in [0.4, 0.5) is 17.1 Å². The molecule has 0 spiro atoms. The summed E-state index contributed by atoms with van der Waals surface area (Å²) in [7, 11) is 2.07. The van der Waals surface area contributed by atoms with Gasteiger partial charge in [0, 0.05) is 65.2 Å². The molecule has 296 valence electrons. The number of hydrogen-bond donors (Lipinski definition) is 0. The van der Waals surface area contributed by atoms with E-state index in [0.29, 0.717) is 28.9 Å². The predicted molar refractivity (Wildman–Crippen MR) is 232 cm³/mol. The molecular weight excluding hydrogens is 892 g/mol. The summed E-state index contributed by atoms with van der Waals surface area (Å²) in [4.78, 5) is 9.42. The first-order chi connectivity index (χ1) is 28.8. The van der Waals surface area contributed by atoms with Gasteiger partial charge in [0.25, 0.3) is 0 Å². The fourth-order valence-electron chi connectivity index (χ4n) is 11.5. The number of hydrogen-bond acceptors (Lipinski definition) is 4. The smallest absolute Gasteiger partial charge is 0.135 e. The molecule has 5 aliphatic rings. The van der Waals surface area contributed by atoms with Gasteiger partial charge in [0.1, 0.15) is 5.82 Å². The molecule has 4 saturated carbocycles. The number of pyridine rings is 1. The van der Waals surface area contributed by atoms with Crippen LogP contribution in [0, 0.1) is 49.3 Å². The molecule has 6 heteroatoms. The summed E-state index contributed by atoms with van der Waals surface area (Å²) in [6.07, 6.45) is 8.18. The Labute approximate surface area is 361 Å². The zero-order valence-electron chi connectivity index (χ0n) is 36.4. The second kappa shape index (κ2) is 13.9. The van der Waals surface area contributed by atoms with Crippen LogP contribution >= 0.6 is 0 Å². The summed E-state index contributed by atoms with van der Waals surface area (Å²) < 4.78 is 33.3. The Morgan fingerprint density at radius 3 is 2.22 bits per heavy atom. The number of aryl methyl sites for hydroxylation is 1. The summed E-state index contributed by atoms with van der Waals surface area (Å²) in [5, 5.41) is 2.21. The molecule has 1 aliphatic heterocycles. The molecule has 0 saturated heterocycles. The Bertz CT molecular complexity index is 2780. The monoisotopic (exact) mass is 943 g/mol. The third-order valence-corrected chi connectivity index (χ3v) is 13.8. The Morgan fingerprint density at radius 1 is 0.759 bits per heavy atom. The van der Waals surface area contributed by atoms with Gasteiger partial charge in [-0.15, -0.1) is 47.0 Å². The minimum Gasteiger partial charge on any atom is -0.509 e. The number of benzene rings is 5. The van der Waals surface area contributed by atoms with Crippen molar-refractivity contribution in [2.24, 2.45) is 23.7 Å². The van der Waals surface area contributed by atoms with Gasteiger partial charge in [0.2, 0.25) is 0 Å². The summed E-state index contributed by atoms with van der Waals surface area (Å²) >= 11 is 0. The van der Waals surface area contributed by atoms with Crippen LogP contribution in [0.5, 0.6) is 11.5 Å². The van der Waals surface area contributed by atoms with Gasteiger partial charge < -0.3 is 19.1 Å². The van der Waals surface area contributed by atoms with Crippen LogP contribution in [0.25, 0.3) is 27.6 Å². The van der Waals surface area contributed by atoms with Gasteiger partial charge >= 0.3 is 0 Å². The topological polar surface area (TPSA) is 33.5 Å². The van der Waals surface area contributed by atoms with E-state index in [1.165, 1.54) is 43.2 Å². The van der Waals surface area contributed by atoms with Crippen molar-refractivity contribution in [2.45, 2.75) is 70.6 Å². The van der Waals surface area contributed by atoms with E-state index in [1.54, 1.807) is 0 Å². The average molecular weight is 944 g/mol. The van der Waals surface area contributed by atoms with Gasteiger partial charge in [-0.3, -0.25) is 0 Å². The molecule has 0 unspecified atom stereocenters. The van der Waals surface area contributed by atoms with E-state index in [-0.39, 0.29) is 31.9 Å². The number of fused-ring (bicyclic) bond motifs is 4. The van der Waals surface area contributed by atoms with Crippen molar-refractivity contribution in [1.82, 2.24) is 9.55 Å². The van der Waals surface area contributed by atoms with E-state index in [9.17, 15) is 0 Å². The molecule has 0 amide bonds. The largest absolute Gasteiger partial charge is 0.509 e. The second-order valence-electron chi connectivity index (χ2n) is 18.1. The van der Waals surface area contributed by atoms with Crippen LogP contribution in [0.2, 0.25) is 0 Å². The second-order valence-corrected chi connectivity index (χ2v) is 18.1. The van der Waals surface area contributed by atoms with Gasteiger partial charge in [-0.05, 0) is 122 Å². The fourth-order valence-corrected chi connectivity index (χ4v) is 11.5. The van der Waals surface area contributed by atoms with Crippen LogP contribution < -0.4 is 14.5 Å². The number of nitrogens with zero attached hydrogens (tertiary/aromatic N) is 4. The van der Waals surface area contributed by atoms with Crippen molar-refractivity contribution in [1.29, 1.82) is 0 Å². The number of rotatable bonds is 6. The van der Waals surface area contributed by atoms with Gasteiger partial charge in [0.05, 0.1) is 0 Å². The summed E-state index contributed by atoms with van der Waals surface area (Å²) in [6.45, 7) is 6.63. The molecular formula is C52H49N4OPt-3. The molecule has 4 bridgehead atoms. The average Bonchev–Trinajstić information content (AvgIpc) is 3.74. The summed E-state index contributed by atoms with van der Waals surface area (Å²) in [5.41, 5.74) is 8.81. The van der Waals surface area contributed by atoms with Gasteiger partial charge in [-0.25, -0.2) is 4.98 Å². The quantitative estimate of drug-likeness (QED) is 0.156. The fraction of sp³-hybridized carbons (Fsp3) is 0.308. The maximum absolute atomic E-state index is 8.09. The summed E-state index contributed by atoms with van der Waals surface area (Å²) in [6, 6.07) is 45.2. The van der Waals surface area contributed by atoms with Crippen molar-refractivity contribution < 1.29 is 29.9 Å². The molecule has 12 rings (SSSR count). The summed E-state index contributed by atoms with van der Waals surface area (Å²) in [5.74, 6) is 4.60. The molecule has 58 heavy (non-hydrogen) atoms. The van der Waals surface area contributed by atoms with Crippen LogP contribution in [0.15, 0.2) is 115 Å². The SMILES string of the molecule is [2H]C([2H])([2H])c1ccc(C2(c3ccnc(-n4c5[c-]c(Oc6[c-]c(N7[CH-]N(C)c8ccccc87)cc(C(C)(C)C)c6)ccc5c5ccccc54)c3)C3CC4CC(C3)CC2C4)cc1.[Pt]. The van der Waals surface area contributed by atoms with Crippen molar-refractivity contribution in [3.8, 4) is 17.3 Å². The van der Waals surface area contributed by atoms with Crippen LogP contribution in [0.1, 0.15) is 79.2 Å². The molecule has 2 aromatic heterocycles. The number of anilines is 3. The zero-order valence-corrected chi connectivity index (χ0v) is 35.7. The molecule has 0 atom stereocenters. The molecule has 0 radical (unpaired) electrons. The van der Waals surface area contributed by atoms with Crippen molar-refractivity contribution >= 4 is 38.9 Å². The van der Waals surface area contributed by atoms with Crippen molar-refractivity contribution in [3.63, 3.8) is 0 Å². The van der Waals surface area contributed by atoms with E-state index in [4.69, 9.17) is 13.8 Å². The van der Waals surface area contributed by atoms with E-state index >= 15 is 0 Å². The Balaban J connectivity index is 0.00000445. The molecule has 0 N–H and O–H groups in total. The third-order valence-electron chi connectivity index (χ3n) is 13.8. The Morgan fingerprint density at radius 2 is 1.48 bits per heavy atom. The van der Waals surface area contributed by atoms with E-state index in [0.717, 1.165) is 62.1 Å². The predicted octanol–water partition coefficient (Wildman–Crippen LogP) is 12.6. The number of ether oxygens (including phenoxy) is 1. The van der Waals surface area contributed by atoms with Crippen molar-refractivity contribution in [3.05, 3.63) is 156 Å². The molecule has 5 aromatic carbocycles. The zero-order chi connectivity index (χ0) is 41.1. The van der Waals surface area contributed by atoms with Gasteiger partial charge in [-0.1, -0.05) is 86.4 Å². The Kier molecular flexibility index (Phi) is 8.14. The minimum absolute atomic E-state index is 0. The van der Waals surface area contributed by atoms with Crippen molar-refractivity contribution in [2.75, 3.05) is 16.8 Å². The first kappa shape index (κ1) is 34.0. The maximum atomic E-state index is 8.09. The third kappa shape index (κ3) is 5.86. The normalized spacial score (nSPS) is 24.4. The maximum Gasteiger partial charge on any atom is 0.135 e. The van der Waals surface area contributed by atoms with Crippen LogP contribution in [0.3, 0.4) is 0 Å². The van der Waals surface area contributed by atoms with Gasteiger partial charge in [-0.2, -0.15) is 12.7 Å². The van der Waals surface area contributed by atoms with Gasteiger partial charge in [0.15, 0.2) is 0 Å². The molecule has 3 heterocycles. The van der Waals surface area contributed by atoms with E-state index in [2.05, 4.69) is 152 Å². The van der Waals surface area contributed by atoms with E-state index < -0.39 is 6.85 Å². The molecule has 7 aromatic rings. The molecule has 4 fully saturated rings.